The summed E-state index contributed by atoms with van der Waals surface area (Å²) >= 11 is 0. The molecule has 104 valence electrons. The lowest BCUT2D eigenvalue weighted by Gasteiger charge is -2.25. The minimum Gasteiger partial charge on any atom is -0.481 e. The molecule has 0 amide bonds. The molecule has 2 aromatic rings. The van der Waals surface area contributed by atoms with Crippen LogP contribution in [0, 0.1) is 0 Å². The number of rotatable bonds is 6. The van der Waals surface area contributed by atoms with Crippen LogP contribution in [-0.2, 0) is 4.79 Å². The lowest BCUT2D eigenvalue weighted by Crippen LogP contribution is -2.28. The van der Waals surface area contributed by atoms with Gasteiger partial charge in [-0.05, 0) is 25.0 Å². The van der Waals surface area contributed by atoms with E-state index in [4.69, 9.17) is 0 Å². The Balaban J connectivity index is 2.46. The minimum absolute atomic E-state index is 0.320. The molecule has 1 N–H and O–H groups in total. The van der Waals surface area contributed by atoms with Crippen molar-refractivity contribution in [2.24, 2.45) is 0 Å². The van der Waals surface area contributed by atoms with E-state index in [2.05, 4.69) is 0 Å². The Morgan fingerprint density at radius 3 is 1.80 bits per heavy atom. The van der Waals surface area contributed by atoms with Crippen LogP contribution in [0.2, 0.25) is 0 Å². The number of carboxylic acid groups (broad SMARTS) is 1. The lowest BCUT2D eigenvalue weighted by molar-refractivity contribution is -0.136. The van der Waals surface area contributed by atoms with E-state index in [1.54, 1.807) is 0 Å². The van der Waals surface area contributed by atoms with E-state index in [1.165, 1.54) is 0 Å². The van der Waals surface area contributed by atoms with Crippen molar-refractivity contribution in [3.63, 3.8) is 0 Å². The smallest absolute Gasteiger partial charge is 0.311 e. The molecular formula is C17H19O2P. The van der Waals surface area contributed by atoms with Gasteiger partial charge in [-0.3, -0.25) is 4.79 Å². The van der Waals surface area contributed by atoms with E-state index in [0.717, 1.165) is 17.0 Å². The van der Waals surface area contributed by atoms with E-state index in [9.17, 15) is 9.90 Å². The summed E-state index contributed by atoms with van der Waals surface area (Å²) in [6, 6.07) is 20.1. The van der Waals surface area contributed by atoms with Gasteiger partial charge in [-0.1, -0.05) is 74.0 Å². The summed E-state index contributed by atoms with van der Waals surface area (Å²) in [5.41, 5.74) is -0.320. The van der Waals surface area contributed by atoms with Gasteiger partial charge in [0, 0.05) is 0 Å². The van der Waals surface area contributed by atoms with E-state index in [-0.39, 0.29) is 5.66 Å². The van der Waals surface area contributed by atoms with Gasteiger partial charge < -0.3 is 5.11 Å². The number of carboxylic acids is 1. The molecule has 2 nitrogen and oxygen atoms in total. The summed E-state index contributed by atoms with van der Waals surface area (Å²) in [6.07, 6.45) is 1.60. The molecule has 0 heterocycles. The van der Waals surface area contributed by atoms with Crippen LogP contribution >= 0.6 is 7.92 Å². The van der Waals surface area contributed by atoms with Gasteiger partial charge >= 0.3 is 5.97 Å². The highest BCUT2D eigenvalue weighted by atomic mass is 31.1. The van der Waals surface area contributed by atoms with Crippen LogP contribution in [0.3, 0.4) is 0 Å². The SMILES string of the molecule is CCCC(C(=O)O)P(c1ccccc1)c1ccccc1. The molecule has 0 fully saturated rings. The van der Waals surface area contributed by atoms with Crippen molar-refractivity contribution < 1.29 is 9.90 Å². The predicted octanol–water partition coefficient (Wildman–Crippen LogP) is 3.37. The fraction of sp³-hybridized carbons (Fsp3) is 0.235. The molecule has 0 bridgehead atoms. The number of aliphatic carboxylic acids is 1. The molecule has 2 aromatic carbocycles. The van der Waals surface area contributed by atoms with Crippen LogP contribution in [-0.4, -0.2) is 16.7 Å². The van der Waals surface area contributed by atoms with E-state index in [0.29, 0.717) is 6.42 Å². The molecule has 1 atom stereocenters. The molecule has 1 unspecified atom stereocenters. The molecular weight excluding hydrogens is 267 g/mol. The molecule has 0 spiro atoms. The summed E-state index contributed by atoms with van der Waals surface area (Å²) < 4.78 is 0. The third-order valence-corrected chi connectivity index (χ3v) is 6.04. The largest absolute Gasteiger partial charge is 0.481 e. The van der Waals surface area contributed by atoms with Crippen LogP contribution in [0.25, 0.3) is 0 Å². The Bertz CT molecular complexity index is 500. The Morgan fingerprint density at radius 2 is 1.45 bits per heavy atom. The Hall–Kier alpha value is -1.66. The zero-order valence-electron chi connectivity index (χ0n) is 11.6. The molecule has 20 heavy (non-hydrogen) atoms. The van der Waals surface area contributed by atoms with Crippen LogP contribution < -0.4 is 10.6 Å². The van der Waals surface area contributed by atoms with Gasteiger partial charge in [-0.15, -0.1) is 0 Å². The third kappa shape index (κ3) is 3.46. The summed E-state index contributed by atoms with van der Waals surface area (Å²) in [5, 5.41) is 11.9. The maximum atomic E-state index is 11.7. The average molecular weight is 286 g/mol. The molecule has 0 saturated heterocycles. The van der Waals surface area contributed by atoms with Crippen molar-refractivity contribution in [2.75, 3.05) is 0 Å². The van der Waals surface area contributed by atoms with Crippen molar-refractivity contribution in [1.29, 1.82) is 0 Å². The second-order valence-corrected chi connectivity index (χ2v) is 7.08. The average Bonchev–Trinajstić information content (AvgIpc) is 2.49. The summed E-state index contributed by atoms with van der Waals surface area (Å²) in [4.78, 5) is 11.7. The molecule has 2 rings (SSSR count). The minimum atomic E-state index is -0.859. The number of carbonyl (C=O) groups is 1. The van der Waals surface area contributed by atoms with Gasteiger partial charge in [-0.2, -0.15) is 0 Å². The summed E-state index contributed by atoms with van der Waals surface area (Å²) in [7, 11) is -0.859. The maximum absolute atomic E-state index is 11.7. The van der Waals surface area contributed by atoms with Crippen LogP contribution in [0.1, 0.15) is 19.8 Å². The Morgan fingerprint density at radius 1 is 1.00 bits per heavy atom. The molecule has 0 saturated carbocycles. The van der Waals surface area contributed by atoms with Crippen molar-refractivity contribution in [1.82, 2.24) is 0 Å². The zero-order valence-corrected chi connectivity index (χ0v) is 12.5. The first kappa shape index (κ1) is 14.7. The topological polar surface area (TPSA) is 37.3 Å². The van der Waals surface area contributed by atoms with Gasteiger partial charge in [0.25, 0.3) is 0 Å². The first-order valence-electron chi connectivity index (χ1n) is 6.86. The first-order valence-corrected chi connectivity index (χ1v) is 8.27. The van der Waals surface area contributed by atoms with E-state index >= 15 is 0 Å². The molecule has 3 heteroatoms. The number of hydrogen-bond donors (Lipinski definition) is 1. The summed E-state index contributed by atoms with van der Waals surface area (Å²) in [6.45, 7) is 2.04. The highest BCUT2D eigenvalue weighted by molar-refractivity contribution is 7.74. The van der Waals surface area contributed by atoms with Crippen molar-refractivity contribution in [2.45, 2.75) is 25.4 Å². The first-order chi connectivity index (χ1) is 9.74. The van der Waals surface area contributed by atoms with Crippen molar-refractivity contribution in [3.05, 3.63) is 60.7 Å². The molecule has 0 radical (unpaired) electrons. The lowest BCUT2D eigenvalue weighted by atomic mass is 10.2. The molecule has 0 aliphatic heterocycles. The van der Waals surface area contributed by atoms with E-state index < -0.39 is 13.9 Å². The van der Waals surface area contributed by atoms with Gasteiger partial charge in [0.15, 0.2) is 0 Å². The number of hydrogen-bond acceptors (Lipinski definition) is 1. The maximum Gasteiger partial charge on any atom is 0.311 e. The second-order valence-electron chi connectivity index (χ2n) is 4.68. The van der Waals surface area contributed by atoms with Gasteiger partial charge in [0.05, 0.1) is 5.66 Å². The monoisotopic (exact) mass is 286 g/mol. The van der Waals surface area contributed by atoms with Crippen LogP contribution in [0.5, 0.6) is 0 Å². The normalized spacial score (nSPS) is 12.3. The molecule has 0 aliphatic carbocycles. The highest BCUT2D eigenvalue weighted by Gasteiger charge is 2.29. The van der Waals surface area contributed by atoms with Crippen LogP contribution in [0.15, 0.2) is 60.7 Å². The zero-order chi connectivity index (χ0) is 14.4. The predicted molar refractivity (Wildman–Crippen MR) is 85.4 cm³/mol. The van der Waals surface area contributed by atoms with Crippen LogP contribution in [0.4, 0.5) is 0 Å². The standard InChI is InChI=1S/C17H19O2P/c1-2-9-16(17(18)19)20(14-10-5-3-6-11-14)15-12-7-4-8-13-15/h3-8,10-13,16H,2,9H2,1H3,(H,18,19). The summed E-state index contributed by atoms with van der Waals surface area (Å²) in [5.74, 6) is -0.689. The Kier molecular flexibility index (Phi) is 5.31. The number of benzene rings is 2. The molecule has 0 aromatic heterocycles. The molecule has 0 aliphatic rings. The fourth-order valence-electron chi connectivity index (χ4n) is 2.32. The second kappa shape index (κ2) is 7.21. The van der Waals surface area contributed by atoms with Gasteiger partial charge in [-0.25, -0.2) is 0 Å². The Labute approximate surface area is 121 Å². The highest BCUT2D eigenvalue weighted by Crippen LogP contribution is 2.41. The van der Waals surface area contributed by atoms with Crippen molar-refractivity contribution >= 4 is 24.5 Å². The fourth-order valence-corrected chi connectivity index (χ4v) is 5.06. The van der Waals surface area contributed by atoms with Crippen molar-refractivity contribution in [3.8, 4) is 0 Å². The third-order valence-electron chi connectivity index (χ3n) is 3.23. The quantitative estimate of drug-likeness (QED) is 0.827. The van der Waals surface area contributed by atoms with Gasteiger partial charge in [0.1, 0.15) is 0 Å². The van der Waals surface area contributed by atoms with Gasteiger partial charge in [0.2, 0.25) is 0 Å². The van der Waals surface area contributed by atoms with E-state index in [1.807, 2.05) is 67.6 Å².